The smallest absolute Gasteiger partial charge is 0.303 e. The second-order valence-electron chi connectivity index (χ2n) is 4.53. The average Bonchev–Trinajstić information content (AvgIpc) is 2.76. The lowest BCUT2D eigenvalue weighted by Gasteiger charge is -2.15. The SMILES string of the molecule is COc1c(C)cc2c(c1CCCC(=O)O)CCO2. The molecule has 1 heterocycles. The van der Waals surface area contributed by atoms with Crippen LogP contribution in [0, 0.1) is 6.92 Å². The van der Waals surface area contributed by atoms with Gasteiger partial charge in [-0.25, -0.2) is 0 Å². The van der Waals surface area contributed by atoms with Crippen molar-refractivity contribution in [1.82, 2.24) is 0 Å². The lowest BCUT2D eigenvalue weighted by Crippen LogP contribution is -2.02. The van der Waals surface area contributed by atoms with Crippen molar-refractivity contribution in [3.63, 3.8) is 0 Å². The summed E-state index contributed by atoms with van der Waals surface area (Å²) >= 11 is 0. The summed E-state index contributed by atoms with van der Waals surface area (Å²) in [6.45, 7) is 2.69. The van der Waals surface area contributed by atoms with Gasteiger partial charge < -0.3 is 14.6 Å². The van der Waals surface area contributed by atoms with Gasteiger partial charge in [0.2, 0.25) is 0 Å². The summed E-state index contributed by atoms with van der Waals surface area (Å²) in [6, 6.07) is 2.00. The van der Waals surface area contributed by atoms with Crippen molar-refractivity contribution in [3.05, 3.63) is 22.8 Å². The molecule has 0 bridgehead atoms. The molecule has 0 amide bonds. The van der Waals surface area contributed by atoms with Gasteiger partial charge in [0.15, 0.2) is 0 Å². The van der Waals surface area contributed by atoms with E-state index in [1.807, 2.05) is 13.0 Å². The average molecular weight is 250 g/mol. The predicted octanol–water partition coefficient (Wildman–Crippen LogP) is 2.35. The Morgan fingerprint density at radius 1 is 1.56 bits per heavy atom. The van der Waals surface area contributed by atoms with Gasteiger partial charge in [-0.15, -0.1) is 0 Å². The molecule has 1 aliphatic heterocycles. The molecule has 18 heavy (non-hydrogen) atoms. The Kier molecular flexibility index (Phi) is 3.75. The molecule has 0 unspecified atom stereocenters. The normalized spacial score (nSPS) is 13.0. The molecule has 1 aliphatic rings. The van der Waals surface area contributed by atoms with Gasteiger partial charge in [-0.2, -0.15) is 0 Å². The van der Waals surface area contributed by atoms with E-state index in [0.29, 0.717) is 13.0 Å². The molecule has 1 N–H and O–H groups in total. The van der Waals surface area contributed by atoms with Gasteiger partial charge in [0.25, 0.3) is 0 Å². The minimum atomic E-state index is -0.755. The van der Waals surface area contributed by atoms with Crippen LogP contribution in [0.1, 0.15) is 29.5 Å². The molecule has 0 saturated carbocycles. The lowest BCUT2D eigenvalue weighted by molar-refractivity contribution is -0.137. The topological polar surface area (TPSA) is 55.8 Å². The number of methoxy groups -OCH3 is 1. The monoisotopic (exact) mass is 250 g/mol. The highest BCUT2D eigenvalue weighted by atomic mass is 16.5. The summed E-state index contributed by atoms with van der Waals surface area (Å²) in [5.41, 5.74) is 3.34. The summed E-state index contributed by atoms with van der Waals surface area (Å²) in [5, 5.41) is 8.71. The van der Waals surface area contributed by atoms with Crippen molar-refractivity contribution in [2.75, 3.05) is 13.7 Å². The van der Waals surface area contributed by atoms with E-state index in [9.17, 15) is 4.79 Å². The Bertz CT molecular complexity index is 462. The van der Waals surface area contributed by atoms with E-state index in [0.717, 1.165) is 35.5 Å². The fraction of sp³-hybridized carbons (Fsp3) is 0.500. The molecule has 0 spiro atoms. The molecule has 1 aromatic carbocycles. The van der Waals surface area contributed by atoms with Crippen molar-refractivity contribution in [2.45, 2.75) is 32.6 Å². The predicted molar refractivity (Wildman–Crippen MR) is 67.5 cm³/mol. The number of aryl methyl sites for hydroxylation is 1. The van der Waals surface area contributed by atoms with Crippen molar-refractivity contribution in [3.8, 4) is 11.5 Å². The molecule has 0 saturated heterocycles. The summed E-state index contributed by atoms with van der Waals surface area (Å²) < 4.78 is 11.0. The van der Waals surface area contributed by atoms with Gasteiger partial charge in [0.1, 0.15) is 11.5 Å². The zero-order valence-corrected chi connectivity index (χ0v) is 10.8. The molecule has 0 atom stereocenters. The van der Waals surface area contributed by atoms with E-state index in [1.54, 1.807) is 7.11 Å². The van der Waals surface area contributed by atoms with Crippen LogP contribution in [-0.2, 0) is 17.6 Å². The second kappa shape index (κ2) is 5.29. The third kappa shape index (κ3) is 2.42. The van der Waals surface area contributed by atoms with E-state index in [-0.39, 0.29) is 6.42 Å². The first-order valence-electron chi connectivity index (χ1n) is 6.17. The maximum Gasteiger partial charge on any atom is 0.303 e. The quantitative estimate of drug-likeness (QED) is 0.871. The van der Waals surface area contributed by atoms with Crippen molar-refractivity contribution >= 4 is 5.97 Å². The number of carbonyl (C=O) groups is 1. The highest BCUT2D eigenvalue weighted by Gasteiger charge is 2.21. The van der Waals surface area contributed by atoms with Crippen LogP contribution in [0.15, 0.2) is 6.07 Å². The first-order chi connectivity index (χ1) is 8.63. The Morgan fingerprint density at radius 2 is 2.33 bits per heavy atom. The van der Waals surface area contributed by atoms with Gasteiger partial charge in [-0.1, -0.05) is 0 Å². The number of hydrogen-bond donors (Lipinski definition) is 1. The highest BCUT2D eigenvalue weighted by Crippen LogP contribution is 2.38. The van der Waals surface area contributed by atoms with Gasteiger partial charge >= 0.3 is 5.97 Å². The lowest BCUT2D eigenvalue weighted by atomic mass is 9.96. The standard InChI is InChI=1S/C14H18O4/c1-9-8-12-10(6-7-18-12)11(14(9)17-2)4-3-5-13(15)16/h8H,3-7H2,1-2H3,(H,15,16). The second-order valence-corrected chi connectivity index (χ2v) is 4.53. The van der Waals surface area contributed by atoms with E-state index in [4.69, 9.17) is 14.6 Å². The number of benzene rings is 1. The maximum atomic E-state index is 10.6. The van der Waals surface area contributed by atoms with E-state index >= 15 is 0 Å². The van der Waals surface area contributed by atoms with E-state index in [2.05, 4.69) is 0 Å². The molecule has 0 radical (unpaired) electrons. The van der Waals surface area contributed by atoms with Crippen molar-refractivity contribution in [2.24, 2.45) is 0 Å². The molecular formula is C14H18O4. The third-order valence-electron chi connectivity index (χ3n) is 3.27. The van der Waals surface area contributed by atoms with Crippen molar-refractivity contribution < 1.29 is 19.4 Å². The van der Waals surface area contributed by atoms with Crippen LogP contribution in [0.3, 0.4) is 0 Å². The molecule has 0 aromatic heterocycles. The zero-order valence-electron chi connectivity index (χ0n) is 10.8. The summed E-state index contributed by atoms with van der Waals surface area (Å²) in [5.74, 6) is 1.05. The fourth-order valence-corrected chi connectivity index (χ4v) is 2.50. The molecule has 2 rings (SSSR count). The van der Waals surface area contributed by atoms with Gasteiger partial charge in [0, 0.05) is 24.0 Å². The fourth-order valence-electron chi connectivity index (χ4n) is 2.50. The van der Waals surface area contributed by atoms with Crippen molar-refractivity contribution in [1.29, 1.82) is 0 Å². The third-order valence-corrected chi connectivity index (χ3v) is 3.27. The molecule has 0 fully saturated rings. The first-order valence-corrected chi connectivity index (χ1v) is 6.17. The number of rotatable bonds is 5. The van der Waals surface area contributed by atoms with Gasteiger partial charge in [-0.3, -0.25) is 4.79 Å². The molecule has 98 valence electrons. The largest absolute Gasteiger partial charge is 0.496 e. The number of carboxylic acids is 1. The van der Waals surface area contributed by atoms with Crippen LogP contribution in [0.4, 0.5) is 0 Å². The molecular weight excluding hydrogens is 232 g/mol. The van der Waals surface area contributed by atoms with Crippen LogP contribution >= 0.6 is 0 Å². The Morgan fingerprint density at radius 3 is 3.00 bits per heavy atom. The van der Waals surface area contributed by atoms with E-state index in [1.165, 1.54) is 5.56 Å². The number of carboxylic acid groups (broad SMARTS) is 1. The van der Waals surface area contributed by atoms with Crippen LogP contribution in [0.5, 0.6) is 11.5 Å². The first kappa shape index (κ1) is 12.7. The molecule has 4 heteroatoms. The van der Waals surface area contributed by atoms with Crippen LogP contribution in [0.25, 0.3) is 0 Å². The van der Waals surface area contributed by atoms with Crippen LogP contribution in [-0.4, -0.2) is 24.8 Å². The number of fused-ring (bicyclic) bond motifs is 1. The summed E-state index contributed by atoms with van der Waals surface area (Å²) in [4.78, 5) is 10.6. The Labute approximate surface area is 107 Å². The molecule has 1 aromatic rings. The van der Waals surface area contributed by atoms with Crippen LogP contribution in [0.2, 0.25) is 0 Å². The summed E-state index contributed by atoms with van der Waals surface area (Å²) in [6.07, 6.45) is 2.42. The number of hydrogen-bond acceptors (Lipinski definition) is 3. The van der Waals surface area contributed by atoms with E-state index < -0.39 is 5.97 Å². The van der Waals surface area contributed by atoms with Crippen LogP contribution < -0.4 is 9.47 Å². The number of ether oxygens (including phenoxy) is 2. The Balaban J connectivity index is 2.28. The van der Waals surface area contributed by atoms with Gasteiger partial charge in [-0.05, 0) is 31.4 Å². The highest BCUT2D eigenvalue weighted by molar-refractivity contribution is 5.66. The number of aliphatic carboxylic acids is 1. The molecule has 0 aliphatic carbocycles. The van der Waals surface area contributed by atoms with Gasteiger partial charge in [0.05, 0.1) is 13.7 Å². The minimum absolute atomic E-state index is 0.187. The zero-order chi connectivity index (χ0) is 13.1. The molecule has 4 nitrogen and oxygen atoms in total. The summed E-state index contributed by atoms with van der Waals surface area (Å²) in [7, 11) is 1.66. The Hall–Kier alpha value is -1.71. The maximum absolute atomic E-state index is 10.6. The minimum Gasteiger partial charge on any atom is -0.496 e.